The maximum absolute atomic E-state index is 10.6. The summed E-state index contributed by atoms with van der Waals surface area (Å²) in [4.78, 5) is 0. The Morgan fingerprint density at radius 3 is 2.29 bits per heavy atom. The van der Waals surface area contributed by atoms with Gasteiger partial charge in [-0.1, -0.05) is 38.0 Å². The number of hydrogen-bond donors (Lipinski definition) is 1. The van der Waals surface area contributed by atoms with Gasteiger partial charge in [0.2, 0.25) is 0 Å². The molecule has 1 aliphatic carbocycles. The van der Waals surface area contributed by atoms with Crippen LogP contribution < -0.4 is 4.74 Å². The highest BCUT2D eigenvalue weighted by atomic mass is 16.5. The molecule has 17 heavy (non-hydrogen) atoms. The fraction of sp³-hybridized carbons (Fsp3) is 0.467. The highest BCUT2D eigenvalue weighted by Gasteiger charge is 2.32. The largest absolute Gasteiger partial charge is 0.497 e. The van der Waals surface area contributed by atoms with Crippen molar-refractivity contribution < 1.29 is 9.84 Å². The van der Waals surface area contributed by atoms with Gasteiger partial charge in [0, 0.05) is 0 Å². The van der Waals surface area contributed by atoms with Crippen molar-refractivity contribution >= 4 is 5.57 Å². The number of hydrogen-bond acceptors (Lipinski definition) is 2. The third kappa shape index (κ3) is 2.52. The summed E-state index contributed by atoms with van der Waals surface area (Å²) in [7, 11) is 1.65. The van der Waals surface area contributed by atoms with Crippen molar-refractivity contribution in [1.29, 1.82) is 0 Å². The van der Waals surface area contributed by atoms with Gasteiger partial charge in [0.25, 0.3) is 0 Å². The van der Waals surface area contributed by atoms with E-state index in [0.29, 0.717) is 0 Å². The molecule has 1 N–H and O–H groups in total. The van der Waals surface area contributed by atoms with Crippen molar-refractivity contribution in [3.8, 4) is 5.75 Å². The van der Waals surface area contributed by atoms with Gasteiger partial charge in [-0.25, -0.2) is 0 Å². The molecule has 2 heteroatoms. The molecule has 1 aromatic carbocycles. The van der Waals surface area contributed by atoms with E-state index in [2.05, 4.69) is 6.58 Å². The van der Waals surface area contributed by atoms with E-state index >= 15 is 0 Å². The second-order valence-electron chi connectivity index (χ2n) is 4.80. The highest BCUT2D eigenvalue weighted by molar-refractivity contribution is 5.70. The van der Waals surface area contributed by atoms with Crippen LogP contribution in [-0.2, 0) is 0 Å². The van der Waals surface area contributed by atoms with E-state index < -0.39 is 5.60 Å². The first-order valence-corrected chi connectivity index (χ1v) is 6.22. The summed E-state index contributed by atoms with van der Waals surface area (Å²) in [6, 6.07) is 7.75. The number of aliphatic hydroxyl groups is 1. The SMILES string of the molecule is C=C(c1ccc(OC)cc1)C1(O)CCCCC1. The Bertz CT molecular complexity index is 386. The van der Waals surface area contributed by atoms with Crippen molar-refractivity contribution in [2.75, 3.05) is 7.11 Å². The molecular weight excluding hydrogens is 212 g/mol. The molecule has 0 radical (unpaired) electrons. The van der Waals surface area contributed by atoms with Crippen LogP contribution in [0.5, 0.6) is 5.75 Å². The van der Waals surface area contributed by atoms with Gasteiger partial charge in [0.15, 0.2) is 0 Å². The lowest BCUT2D eigenvalue weighted by atomic mass is 9.77. The molecule has 1 aliphatic rings. The van der Waals surface area contributed by atoms with E-state index in [1.807, 2.05) is 24.3 Å². The maximum atomic E-state index is 10.6. The van der Waals surface area contributed by atoms with Crippen LogP contribution in [0.25, 0.3) is 5.57 Å². The average molecular weight is 232 g/mol. The minimum Gasteiger partial charge on any atom is -0.497 e. The lowest BCUT2D eigenvalue weighted by Crippen LogP contribution is -2.32. The lowest BCUT2D eigenvalue weighted by Gasteiger charge is -2.34. The summed E-state index contributed by atoms with van der Waals surface area (Å²) >= 11 is 0. The summed E-state index contributed by atoms with van der Waals surface area (Å²) in [5.41, 5.74) is 1.15. The van der Waals surface area contributed by atoms with Gasteiger partial charge in [0.05, 0.1) is 12.7 Å². The molecule has 2 rings (SSSR count). The van der Waals surface area contributed by atoms with E-state index in [0.717, 1.165) is 42.6 Å². The Morgan fingerprint density at radius 2 is 1.76 bits per heavy atom. The molecule has 1 fully saturated rings. The zero-order valence-corrected chi connectivity index (χ0v) is 10.4. The van der Waals surface area contributed by atoms with Crippen LogP contribution in [0.4, 0.5) is 0 Å². The average Bonchev–Trinajstić information content (AvgIpc) is 2.39. The summed E-state index contributed by atoms with van der Waals surface area (Å²) in [5.74, 6) is 0.831. The summed E-state index contributed by atoms with van der Waals surface area (Å²) in [6.45, 7) is 4.09. The molecule has 92 valence electrons. The number of ether oxygens (including phenoxy) is 1. The lowest BCUT2D eigenvalue weighted by molar-refractivity contribution is 0.0616. The molecule has 0 spiro atoms. The minimum absolute atomic E-state index is 0.702. The first kappa shape index (κ1) is 12.2. The molecule has 2 nitrogen and oxygen atoms in total. The van der Waals surface area contributed by atoms with Crippen molar-refractivity contribution in [3.63, 3.8) is 0 Å². The van der Waals surface area contributed by atoms with E-state index in [1.165, 1.54) is 6.42 Å². The Balaban J connectivity index is 2.17. The fourth-order valence-corrected chi connectivity index (χ4v) is 2.50. The van der Waals surface area contributed by atoms with Crippen molar-refractivity contribution in [2.45, 2.75) is 37.7 Å². The van der Waals surface area contributed by atoms with E-state index in [9.17, 15) is 5.11 Å². The third-order valence-corrected chi connectivity index (χ3v) is 3.68. The van der Waals surface area contributed by atoms with Crippen LogP contribution in [0.2, 0.25) is 0 Å². The molecule has 0 aromatic heterocycles. The Morgan fingerprint density at radius 1 is 1.18 bits per heavy atom. The smallest absolute Gasteiger partial charge is 0.118 e. The van der Waals surface area contributed by atoms with Gasteiger partial charge >= 0.3 is 0 Å². The summed E-state index contributed by atoms with van der Waals surface area (Å²) in [5, 5.41) is 10.6. The van der Waals surface area contributed by atoms with Crippen LogP contribution in [0.15, 0.2) is 30.8 Å². The quantitative estimate of drug-likeness (QED) is 0.865. The number of benzene rings is 1. The van der Waals surface area contributed by atoms with Gasteiger partial charge in [-0.2, -0.15) is 0 Å². The molecular formula is C15H20O2. The fourth-order valence-electron chi connectivity index (χ4n) is 2.50. The second kappa shape index (κ2) is 4.92. The molecule has 0 aliphatic heterocycles. The first-order chi connectivity index (χ1) is 8.15. The number of rotatable bonds is 3. The molecule has 0 saturated heterocycles. The molecule has 0 heterocycles. The van der Waals surface area contributed by atoms with Crippen LogP contribution in [0.1, 0.15) is 37.7 Å². The van der Waals surface area contributed by atoms with E-state index in [4.69, 9.17) is 4.74 Å². The number of methoxy groups -OCH3 is 1. The normalized spacial score (nSPS) is 18.7. The third-order valence-electron chi connectivity index (χ3n) is 3.68. The monoisotopic (exact) mass is 232 g/mol. The summed E-state index contributed by atoms with van der Waals surface area (Å²) < 4.78 is 5.13. The second-order valence-corrected chi connectivity index (χ2v) is 4.80. The molecule has 0 unspecified atom stereocenters. The minimum atomic E-state index is -0.702. The molecule has 0 amide bonds. The molecule has 1 saturated carbocycles. The van der Waals surface area contributed by atoms with E-state index in [1.54, 1.807) is 7.11 Å². The highest BCUT2D eigenvalue weighted by Crippen LogP contribution is 2.38. The van der Waals surface area contributed by atoms with E-state index in [-0.39, 0.29) is 0 Å². The topological polar surface area (TPSA) is 29.5 Å². The van der Waals surface area contributed by atoms with Crippen LogP contribution in [0.3, 0.4) is 0 Å². The van der Waals surface area contributed by atoms with Crippen molar-refractivity contribution in [1.82, 2.24) is 0 Å². The molecule has 1 aromatic rings. The Hall–Kier alpha value is -1.28. The van der Waals surface area contributed by atoms with Crippen LogP contribution in [-0.4, -0.2) is 17.8 Å². The van der Waals surface area contributed by atoms with Crippen molar-refractivity contribution in [3.05, 3.63) is 36.4 Å². The molecule has 0 atom stereocenters. The zero-order chi connectivity index (χ0) is 12.3. The van der Waals surface area contributed by atoms with Gasteiger partial charge in [0.1, 0.15) is 5.75 Å². The maximum Gasteiger partial charge on any atom is 0.118 e. The Kier molecular flexibility index (Phi) is 3.53. The predicted octanol–water partition coefficient (Wildman–Crippen LogP) is 3.40. The van der Waals surface area contributed by atoms with Gasteiger partial charge < -0.3 is 9.84 Å². The first-order valence-electron chi connectivity index (χ1n) is 6.22. The van der Waals surface area contributed by atoms with Gasteiger partial charge in [-0.3, -0.25) is 0 Å². The van der Waals surface area contributed by atoms with Crippen LogP contribution >= 0.6 is 0 Å². The Labute approximate surface area is 103 Å². The van der Waals surface area contributed by atoms with Gasteiger partial charge in [-0.15, -0.1) is 0 Å². The predicted molar refractivity (Wildman–Crippen MR) is 70.1 cm³/mol. The van der Waals surface area contributed by atoms with Crippen LogP contribution in [0, 0.1) is 0 Å². The summed E-state index contributed by atoms with van der Waals surface area (Å²) in [6.07, 6.45) is 5.06. The zero-order valence-electron chi connectivity index (χ0n) is 10.4. The van der Waals surface area contributed by atoms with Crippen molar-refractivity contribution in [2.24, 2.45) is 0 Å². The van der Waals surface area contributed by atoms with Gasteiger partial charge in [-0.05, 0) is 36.1 Å². The molecule has 0 bridgehead atoms. The standard InChI is InChI=1S/C15H20O2/c1-12(15(16)10-4-3-5-11-15)13-6-8-14(17-2)9-7-13/h6-9,16H,1,3-5,10-11H2,2H3.